The van der Waals surface area contributed by atoms with Gasteiger partial charge in [0.05, 0.1) is 6.42 Å². The van der Waals surface area contributed by atoms with Crippen molar-refractivity contribution >= 4 is 34.3 Å². The maximum Gasteiger partial charge on any atom is 0.305 e. The Bertz CT molecular complexity index is 401. The van der Waals surface area contributed by atoms with Gasteiger partial charge in [0.1, 0.15) is 5.82 Å². The van der Waals surface area contributed by atoms with Gasteiger partial charge in [-0.05, 0) is 24.6 Å². The monoisotopic (exact) mass is 311 g/mol. The highest BCUT2D eigenvalue weighted by molar-refractivity contribution is 9.10. The molecule has 16 heavy (non-hydrogen) atoms. The molecule has 3 N–H and O–H groups in total. The number of aliphatic carboxylic acids is 1. The van der Waals surface area contributed by atoms with Crippen molar-refractivity contribution in [3.63, 3.8) is 0 Å². The topological polar surface area (TPSA) is 63.3 Å². The summed E-state index contributed by atoms with van der Waals surface area (Å²) in [4.78, 5) is 10.5. The minimum Gasteiger partial charge on any atom is -0.481 e. The number of rotatable bonds is 3. The number of halogens is 3. The summed E-state index contributed by atoms with van der Waals surface area (Å²) in [5.74, 6) is -1.48. The third-order valence-corrected chi connectivity index (χ3v) is 2.50. The van der Waals surface area contributed by atoms with Gasteiger partial charge in [0, 0.05) is 16.1 Å². The van der Waals surface area contributed by atoms with E-state index in [4.69, 9.17) is 10.8 Å². The fourth-order valence-electron chi connectivity index (χ4n) is 1.32. The molecule has 0 saturated heterocycles. The fourth-order valence-corrected chi connectivity index (χ4v) is 1.91. The van der Waals surface area contributed by atoms with Crippen LogP contribution in [0, 0.1) is 12.7 Å². The molecule has 0 aliphatic rings. The Morgan fingerprint density at radius 3 is 2.69 bits per heavy atom. The van der Waals surface area contributed by atoms with Crippen LogP contribution in [0.25, 0.3) is 0 Å². The van der Waals surface area contributed by atoms with Crippen molar-refractivity contribution in [3.8, 4) is 0 Å². The first-order valence-corrected chi connectivity index (χ1v) is 5.14. The lowest BCUT2D eigenvalue weighted by Gasteiger charge is -2.12. The van der Waals surface area contributed by atoms with Crippen molar-refractivity contribution in [2.75, 3.05) is 0 Å². The number of carboxylic acids is 1. The Morgan fingerprint density at radius 1 is 1.62 bits per heavy atom. The molecular formula is C10H12BrClFNO2. The van der Waals surface area contributed by atoms with Crippen molar-refractivity contribution < 1.29 is 14.3 Å². The Hall–Kier alpha value is -0.650. The summed E-state index contributed by atoms with van der Waals surface area (Å²) in [7, 11) is 0. The maximum atomic E-state index is 13.6. The molecule has 0 bridgehead atoms. The second-order valence-electron chi connectivity index (χ2n) is 3.33. The van der Waals surface area contributed by atoms with Crippen LogP contribution in [-0.2, 0) is 4.79 Å². The zero-order valence-electron chi connectivity index (χ0n) is 8.54. The van der Waals surface area contributed by atoms with Crippen LogP contribution in [0.4, 0.5) is 4.39 Å². The summed E-state index contributed by atoms with van der Waals surface area (Å²) in [5, 5.41) is 8.56. The number of hydrogen-bond donors (Lipinski definition) is 2. The predicted molar refractivity (Wildman–Crippen MR) is 65.3 cm³/mol. The highest BCUT2D eigenvalue weighted by Crippen LogP contribution is 2.25. The van der Waals surface area contributed by atoms with E-state index in [0.717, 1.165) is 0 Å². The zero-order valence-corrected chi connectivity index (χ0v) is 10.9. The van der Waals surface area contributed by atoms with E-state index in [2.05, 4.69) is 15.9 Å². The van der Waals surface area contributed by atoms with Gasteiger partial charge in [0.15, 0.2) is 0 Å². The van der Waals surface area contributed by atoms with E-state index >= 15 is 0 Å². The van der Waals surface area contributed by atoms with Crippen molar-refractivity contribution in [1.29, 1.82) is 0 Å². The lowest BCUT2D eigenvalue weighted by molar-refractivity contribution is -0.137. The van der Waals surface area contributed by atoms with E-state index in [1.807, 2.05) is 0 Å². The van der Waals surface area contributed by atoms with Crippen molar-refractivity contribution in [2.24, 2.45) is 5.73 Å². The van der Waals surface area contributed by atoms with Crippen LogP contribution in [0.5, 0.6) is 0 Å². The van der Waals surface area contributed by atoms with Gasteiger partial charge in [0.2, 0.25) is 0 Å². The first-order chi connectivity index (χ1) is 6.91. The molecule has 0 amide bonds. The van der Waals surface area contributed by atoms with Crippen LogP contribution < -0.4 is 5.73 Å². The van der Waals surface area contributed by atoms with E-state index in [-0.39, 0.29) is 24.4 Å². The molecule has 0 radical (unpaired) electrons. The Morgan fingerprint density at radius 2 is 2.19 bits per heavy atom. The van der Waals surface area contributed by atoms with E-state index in [0.29, 0.717) is 10.0 Å². The molecule has 0 saturated carbocycles. The van der Waals surface area contributed by atoms with Crippen LogP contribution in [0.1, 0.15) is 23.6 Å². The van der Waals surface area contributed by atoms with Crippen LogP contribution in [0.15, 0.2) is 16.6 Å². The van der Waals surface area contributed by atoms with Crippen LogP contribution in [0.2, 0.25) is 0 Å². The average Bonchev–Trinajstić information content (AvgIpc) is 2.09. The summed E-state index contributed by atoms with van der Waals surface area (Å²) in [6.07, 6.45) is -0.285. The largest absolute Gasteiger partial charge is 0.481 e. The first-order valence-electron chi connectivity index (χ1n) is 4.34. The molecular weight excluding hydrogens is 300 g/mol. The maximum absolute atomic E-state index is 13.6. The Balaban J connectivity index is 0.00000225. The zero-order chi connectivity index (χ0) is 11.6. The van der Waals surface area contributed by atoms with Crippen molar-refractivity contribution in [3.05, 3.63) is 33.5 Å². The first kappa shape index (κ1) is 15.3. The number of nitrogens with two attached hydrogens (primary N) is 1. The molecule has 1 aromatic rings. The standard InChI is InChI=1S/C10H11BrFNO2.ClH/c1-5-2-6(11)3-7(10(5)12)8(13)4-9(14)15;/h2-3,8H,4,13H2,1H3,(H,14,15);1H. The molecule has 1 rings (SSSR count). The number of aryl methyl sites for hydroxylation is 1. The van der Waals surface area contributed by atoms with E-state index in [1.165, 1.54) is 6.07 Å². The van der Waals surface area contributed by atoms with Gasteiger partial charge in [0.25, 0.3) is 0 Å². The quantitative estimate of drug-likeness (QED) is 0.902. The molecule has 1 unspecified atom stereocenters. The summed E-state index contributed by atoms with van der Waals surface area (Å²) >= 11 is 3.21. The lowest BCUT2D eigenvalue weighted by Crippen LogP contribution is -2.17. The second kappa shape index (κ2) is 6.18. The van der Waals surface area contributed by atoms with E-state index < -0.39 is 17.8 Å². The van der Waals surface area contributed by atoms with E-state index in [1.54, 1.807) is 13.0 Å². The molecule has 0 heterocycles. The average molecular weight is 313 g/mol. The molecule has 1 atom stereocenters. The lowest BCUT2D eigenvalue weighted by atomic mass is 10.0. The van der Waals surface area contributed by atoms with Gasteiger partial charge in [-0.3, -0.25) is 4.79 Å². The normalized spacial score (nSPS) is 11.8. The SMILES string of the molecule is Cc1cc(Br)cc(C(N)CC(=O)O)c1F.Cl. The molecule has 0 aliphatic heterocycles. The highest BCUT2D eigenvalue weighted by Gasteiger charge is 2.16. The van der Waals surface area contributed by atoms with Gasteiger partial charge in [-0.2, -0.15) is 0 Å². The smallest absolute Gasteiger partial charge is 0.305 e. The molecule has 0 fully saturated rings. The predicted octanol–water partition coefficient (Wildman–Crippen LogP) is 2.79. The van der Waals surface area contributed by atoms with Gasteiger partial charge in [-0.25, -0.2) is 4.39 Å². The molecule has 3 nitrogen and oxygen atoms in total. The molecule has 90 valence electrons. The van der Waals surface area contributed by atoms with Gasteiger partial charge >= 0.3 is 5.97 Å². The molecule has 0 aliphatic carbocycles. The minimum absolute atomic E-state index is 0. The number of carboxylic acid groups (broad SMARTS) is 1. The van der Waals surface area contributed by atoms with Crippen LogP contribution >= 0.6 is 28.3 Å². The molecule has 6 heteroatoms. The third-order valence-electron chi connectivity index (χ3n) is 2.04. The number of benzene rings is 1. The Kier molecular flexibility index (Phi) is 5.92. The summed E-state index contributed by atoms with van der Waals surface area (Å²) in [6, 6.07) is 2.31. The van der Waals surface area contributed by atoms with Gasteiger partial charge < -0.3 is 10.8 Å². The minimum atomic E-state index is -1.04. The fraction of sp³-hybridized carbons (Fsp3) is 0.300. The summed E-state index contributed by atoms with van der Waals surface area (Å²) in [6.45, 7) is 1.61. The molecule has 0 spiro atoms. The third kappa shape index (κ3) is 3.73. The van der Waals surface area contributed by atoms with Gasteiger partial charge in [-0.15, -0.1) is 12.4 Å². The van der Waals surface area contributed by atoms with Crippen LogP contribution in [0.3, 0.4) is 0 Å². The van der Waals surface area contributed by atoms with Crippen molar-refractivity contribution in [1.82, 2.24) is 0 Å². The highest BCUT2D eigenvalue weighted by atomic mass is 79.9. The van der Waals surface area contributed by atoms with Crippen LogP contribution in [-0.4, -0.2) is 11.1 Å². The molecule has 0 aromatic heterocycles. The van der Waals surface area contributed by atoms with Gasteiger partial charge in [-0.1, -0.05) is 15.9 Å². The molecule has 1 aromatic carbocycles. The number of carbonyl (C=O) groups is 1. The summed E-state index contributed by atoms with van der Waals surface area (Å²) < 4.78 is 14.3. The van der Waals surface area contributed by atoms with Crippen molar-refractivity contribution in [2.45, 2.75) is 19.4 Å². The second-order valence-corrected chi connectivity index (χ2v) is 4.25. The van der Waals surface area contributed by atoms with E-state index in [9.17, 15) is 9.18 Å². The Labute approximate surface area is 107 Å². The summed E-state index contributed by atoms with van der Waals surface area (Å²) in [5.41, 5.74) is 6.26. The number of hydrogen-bond acceptors (Lipinski definition) is 2.